The van der Waals surface area contributed by atoms with Crippen LogP contribution in [-0.4, -0.2) is 33.2 Å². The topological polar surface area (TPSA) is 52.6 Å². The Kier molecular flexibility index (Phi) is 14.7. The highest BCUT2D eigenvalue weighted by atomic mass is 28.3. The van der Waals surface area contributed by atoms with E-state index in [4.69, 9.17) is 9.47 Å². The number of carbonyl (C=O) groups excluding carboxylic acids is 2. The molecule has 0 aliphatic heterocycles. The summed E-state index contributed by atoms with van der Waals surface area (Å²) in [6.45, 7) is 16.7. The number of esters is 2. The molecular formula is C39H64O4Si. The van der Waals surface area contributed by atoms with Crippen molar-refractivity contribution in [3.63, 3.8) is 0 Å². The molecule has 5 heteroatoms. The fourth-order valence-corrected chi connectivity index (χ4v) is 11.4. The summed E-state index contributed by atoms with van der Waals surface area (Å²) < 4.78 is 11.0. The van der Waals surface area contributed by atoms with Crippen molar-refractivity contribution in [1.82, 2.24) is 0 Å². The van der Waals surface area contributed by atoms with Gasteiger partial charge in [-0.25, -0.2) is 4.79 Å². The SMILES string of the molecule is C=C(C)C(=O)OCCC[Si](C)(CCCOC(=O)C(C)(C)C)c1ccc(C2CCC(C3CCC(CCCCC)CC3)CC2)cc1. The Hall–Kier alpha value is -1.88. The largest absolute Gasteiger partial charge is 0.465 e. The van der Waals surface area contributed by atoms with Crippen molar-refractivity contribution < 1.29 is 19.1 Å². The second-order valence-corrected chi connectivity index (χ2v) is 20.3. The lowest BCUT2D eigenvalue weighted by Gasteiger charge is -2.38. The van der Waals surface area contributed by atoms with Crippen LogP contribution in [0.4, 0.5) is 0 Å². The van der Waals surface area contributed by atoms with Crippen LogP contribution >= 0.6 is 0 Å². The average molecular weight is 625 g/mol. The zero-order valence-electron chi connectivity index (χ0n) is 29.2. The average Bonchev–Trinajstić information content (AvgIpc) is 3.01. The van der Waals surface area contributed by atoms with Gasteiger partial charge in [0.15, 0.2) is 0 Å². The third-order valence-corrected chi connectivity index (χ3v) is 15.4. The van der Waals surface area contributed by atoms with Crippen molar-refractivity contribution >= 4 is 25.2 Å². The molecule has 2 saturated carbocycles. The van der Waals surface area contributed by atoms with Gasteiger partial charge < -0.3 is 9.47 Å². The van der Waals surface area contributed by atoms with Gasteiger partial charge in [-0.2, -0.15) is 0 Å². The van der Waals surface area contributed by atoms with Crippen LogP contribution in [0.15, 0.2) is 36.4 Å². The first-order valence-electron chi connectivity index (χ1n) is 18.0. The Morgan fingerprint density at radius 1 is 0.818 bits per heavy atom. The van der Waals surface area contributed by atoms with Gasteiger partial charge in [0.05, 0.1) is 26.7 Å². The highest BCUT2D eigenvalue weighted by Gasteiger charge is 2.33. The van der Waals surface area contributed by atoms with Crippen molar-refractivity contribution in [3.05, 3.63) is 42.0 Å². The molecule has 0 radical (unpaired) electrons. The summed E-state index contributed by atoms with van der Waals surface area (Å²) in [5.41, 5.74) is 1.48. The van der Waals surface area contributed by atoms with Crippen LogP contribution in [0.25, 0.3) is 0 Å². The third kappa shape index (κ3) is 11.5. The number of rotatable bonds is 16. The number of benzene rings is 1. The van der Waals surface area contributed by atoms with Gasteiger partial charge in [-0.1, -0.05) is 100 Å². The van der Waals surface area contributed by atoms with Crippen LogP contribution in [0.2, 0.25) is 18.6 Å². The van der Waals surface area contributed by atoms with E-state index in [1.807, 2.05) is 20.8 Å². The van der Waals surface area contributed by atoms with Crippen molar-refractivity contribution in [3.8, 4) is 0 Å². The van der Waals surface area contributed by atoms with E-state index < -0.39 is 13.5 Å². The third-order valence-electron chi connectivity index (χ3n) is 10.8. The van der Waals surface area contributed by atoms with E-state index in [2.05, 4.69) is 44.3 Å². The highest BCUT2D eigenvalue weighted by Crippen LogP contribution is 2.44. The van der Waals surface area contributed by atoms with Crippen LogP contribution in [0.3, 0.4) is 0 Å². The monoisotopic (exact) mass is 624 g/mol. The number of hydrogen-bond acceptors (Lipinski definition) is 4. The highest BCUT2D eigenvalue weighted by molar-refractivity contribution is 6.90. The maximum atomic E-state index is 12.3. The molecule has 0 amide bonds. The van der Waals surface area contributed by atoms with Crippen LogP contribution in [0.1, 0.15) is 136 Å². The molecule has 0 aromatic heterocycles. The van der Waals surface area contributed by atoms with E-state index in [1.165, 1.54) is 87.8 Å². The smallest absolute Gasteiger partial charge is 0.333 e. The molecule has 248 valence electrons. The first kappa shape index (κ1) is 36.6. The van der Waals surface area contributed by atoms with Crippen molar-refractivity contribution in [2.45, 2.75) is 149 Å². The minimum absolute atomic E-state index is 0.137. The van der Waals surface area contributed by atoms with Gasteiger partial charge in [-0.3, -0.25) is 4.79 Å². The second kappa shape index (κ2) is 17.7. The molecule has 0 heterocycles. The summed E-state index contributed by atoms with van der Waals surface area (Å²) in [7, 11) is -1.87. The van der Waals surface area contributed by atoms with Gasteiger partial charge >= 0.3 is 11.9 Å². The lowest BCUT2D eigenvalue weighted by molar-refractivity contribution is -0.152. The fraction of sp³-hybridized carbons (Fsp3) is 0.744. The molecule has 0 N–H and O–H groups in total. The summed E-state index contributed by atoms with van der Waals surface area (Å²) in [6, 6.07) is 11.7. The van der Waals surface area contributed by atoms with Crippen molar-refractivity contribution in [2.24, 2.45) is 23.2 Å². The summed E-state index contributed by atoms with van der Waals surface area (Å²) in [5, 5.41) is 1.46. The lowest BCUT2D eigenvalue weighted by Crippen LogP contribution is -2.45. The molecule has 44 heavy (non-hydrogen) atoms. The molecule has 2 aliphatic rings. The molecule has 1 unspecified atom stereocenters. The molecule has 0 bridgehead atoms. The summed E-state index contributed by atoms with van der Waals surface area (Å²) in [6.07, 6.45) is 18.8. The van der Waals surface area contributed by atoms with Gasteiger partial charge in [0.25, 0.3) is 0 Å². The second-order valence-electron chi connectivity index (χ2n) is 15.6. The predicted molar refractivity (Wildman–Crippen MR) is 187 cm³/mol. The molecule has 4 nitrogen and oxygen atoms in total. The maximum Gasteiger partial charge on any atom is 0.333 e. The van der Waals surface area contributed by atoms with Crippen LogP contribution < -0.4 is 5.19 Å². The summed E-state index contributed by atoms with van der Waals surface area (Å²) >= 11 is 0. The van der Waals surface area contributed by atoms with Crippen LogP contribution in [0.5, 0.6) is 0 Å². The van der Waals surface area contributed by atoms with Crippen LogP contribution in [-0.2, 0) is 19.1 Å². The van der Waals surface area contributed by atoms with E-state index in [0.717, 1.165) is 42.7 Å². The molecule has 3 rings (SSSR count). The fourth-order valence-electron chi connectivity index (χ4n) is 7.72. The molecule has 0 spiro atoms. The van der Waals surface area contributed by atoms with Gasteiger partial charge in [0.2, 0.25) is 0 Å². The Morgan fingerprint density at radius 3 is 1.89 bits per heavy atom. The zero-order valence-corrected chi connectivity index (χ0v) is 30.2. The van der Waals surface area contributed by atoms with Gasteiger partial charge in [-0.05, 0) is 108 Å². The zero-order chi connectivity index (χ0) is 32.2. The lowest BCUT2D eigenvalue weighted by atomic mass is 9.68. The van der Waals surface area contributed by atoms with Gasteiger partial charge in [0, 0.05) is 5.57 Å². The van der Waals surface area contributed by atoms with E-state index in [-0.39, 0.29) is 11.9 Å². The molecule has 0 saturated heterocycles. The summed E-state index contributed by atoms with van der Waals surface area (Å²) in [4.78, 5) is 24.2. The van der Waals surface area contributed by atoms with Crippen LogP contribution in [0, 0.1) is 23.2 Å². The Labute approximate surface area is 271 Å². The summed E-state index contributed by atoms with van der Waals surface area (Å²) in [5.74, 6) is 3.18. The van der Waals surface area contributed by atoms with E-state index >= 15 is 0 Å². The standard InChI is InChI=1S/C39H64O4Si/c1-8-9-10-13-31-14-16-32(17-15-31)33-18-20-34(21-19-33)35-22-24-36(25-23-35)44(7,28-11-26-42-37(40)30(2)3)29-12-27-43-38(41)39(4,5)6/h22-25,31-34H,2,8-21,26-29H2,1,3-7H3. The van der Waals surface area contributed by atoms with E-state index in [0.29, 0.717) is 24.7 Å². The minimum atomic E-state index is -1.87. The number of hydrogen-bond donors (Lipinski definition) is 0. The van der Waals surface area contributed by atoms with E-state index in [9.17, 15) is 9.59 Å². The van der Waals surface area contributed by atoms with Gasteiger partial charge in [-0.15, -0.1) is 0 Å². The van der Waals surface area contributed by atoms with E-state index in [1.54, 1.807) is 6.92 Å². The maximum absolute atomic E-state index is 12.3. The molecule has 2 aliphatic carbocycles. The minimum Gasteiger partial charge on any atom is -0.465 e. The first-order chi connectivity index (χ1) is 20.9. The Morgan fingerprint density at radius 2 is 1.36 bits per heavy atom. The van der Waals surface area contributed by atoms with Crippen molar-refractivity contribution in [2.75, 3.05) is 13.2 Å². The molecule has 1 atom stereocenters. The normalized spacial score (nSPS) is 23.9. The molecule has 1 aromatic rings. The predicted octanol–water partition coefficient (Wildman–Crippen LogP) is 10.1. The van der Waals surface area contributed by atoms with Crippen molar-refractivity contribution in [1.29, 1.82) is 0 Å². The Balaban J connectivity index is 1.53. The molecular weight excluding hydrogens is 561 g/mol. The number of unbranched alkanes of at least 4 members (excludes halogenated alkanes) is 2. The number of ether oxygens (including phenoxy) is 2. The number of carbonyl (C=O) groups is 2. The molecule has 1 aromatic carbocycles. The first-order valence-corrected chi connectivity index (χ1v) is 20.9. The molecule has 2 fully saturated rings. The Bertz CT molecular complexity index is 1030. The quantitative estimate of drug-likeness (QED) is 0.0795. The van der Waals surface area contributed by atoms with Gasteiger partial charge in [0.1, 0.15) is 0 Å².